The zero-order valence-electron chi connectivity index (χ0n) is 11.2. The van der Waals surface area contributed by atoms with Crippen molar-refractivity contribution in [2.45, 2.75) is 45.1 Å². The minimum Gasteiger partial charge on any atom is -0.353 e. The summed E-state index contributed by atoms with van der Waals surface area (Å²) in [5.41, 5.74) is 0.786. The summed E-state index contributed by atoms with van der Waals surface area (Å²) in [5.74, 6) is 0.612. The SMILES string of the molecule is CC(C)[C@H](C)NC(=O)C1(c2ccc(Cl)cc2)CC1. The highest BCUT2D eigenvalue weighted by molar-refractivity contribution is 6.30. The van der Waals surface area contributed by atoms with Gasteiger partial charge in [-0.2, -0.15) is 0 Å². The van der Waals surface area contributed by atoms with Gasteiger partial charge in [0.1, 0.15) is 0 Å². The normalized spacial score (nSPS) is 18.5. The maximum atomic E-state index is 12.4. The fourth-order valence-electron chi connectivity index (χ4n) is 2.05. The lowest BCUT2D eigenvalue weighted by Gasteiger charge is -2.22. The van der Waals surface area contributed by atoms with Crippen LogP contribution < -0.4 is 5.32 Å². The fourth-order valence-corrected chi connectivity index (χ4v) is 2.18. The third kappa shape index (κ3) is 2.54. The van der Waals surface area contributed by atoms with Crippen LogP contribution in [0, 0.1) is 5.92 Å². The predicted molar refractivity (Wildman–Crippen MR) is 74.8 cm³/mol. The number of amides is 1. The molecule has 0 heterocycles. The van der Waals surface area contributed by atoms with E-state index in [2.05, 4.69) is 26.1 Å². The number of benzene rings is 1. The largest absolute Gasteiger partial charge is 0.353 e. The minimum absolute atomic E-state index is 0.158. The van der Waals surface area contributed by atoms with Gasteiger partial charge in [-0.1, -0.05) is 37.6 Å². The average molecular weight is 266 g/mol. The van der Waals surface area contributed by atoms with Crippen LogP contribution >= 0.6 is 11.6 Å². The van der Waals surface area contributed by atoms with E-state index in [1.807, 2.05) is 24.3 Å². The maximum Gasteiger partial charge on any atom is 0.230 e. The maximum absolute atomic E-state index is 12.4. The van der Waals surface area contributed by atoms with Crippen molar-refractivity contribution in [3.63, 3.8) is 0 Å². The number of hydrogen-bond acceptors (Lipinski definition) is 1. The molecule has 3 heteroatoms. The molecular formula is C15H20ClNO. The van der Waals surface area contributed by atoms with Crippen LogP contribution in [0.2, 0.25) is 5.02 Å². The molecule has 0 radical (unpaired) electrons. The smallest absolute Gasteiger partial charge is 0.230 e. The van der Waals surface area contributed by atoms with Crippen molar-refractivity contribution in [1.82, 2.24) is 5.32 Å². The monoisotopic (exact) mass is 265 g/mol. The Morgan fingerprint density at radius 2 is 1.78 bits per heavy atom. The summed E-state index contributed by atoms with van der Waals surface area (Å²) >= 11 is 5.89. The number of carbonyl (C=O) groups excluding carboxylic acids is 1. The lowest BCUT2D eigenvalue weighted by Crippen LogP contribution is -2.42. The molecule has 1 atom stereocenters. The molecule has 2 nitrogen and oxygen atoms in total. The predicted octanol–water partition coefficient (Wildman–Crippen LogP) is 3.53. The third-order valence-electron chi connectivity index (χ3n) is 3.94. The van der Waals surface area contributed by atoms with Crippen molar-refractivity contribution in [2.24, 2.45) is 5.92 Å². The molecule has 0 aromatic heterocycles. The van der Waals surface area contributed by atoms with Crippen LogP contribution in [0.15, 0.2) is 24.3 Å². The molecule has 1 N–H and O–H groups in total. The fraction of sp³-hybridized carbons (Fsp3) is 0.533. The number of carbonyl (C=O) groups is 1. The number of hydrogen-bond donors (Lipinski definition) is 1. The van der Waals surface area contributed by atoms with Crippen LogP contribution in [0.3, 0.4) is 0 Å². The Kier molecular flexibility index (Phi) is 3.67. The van der Waals surface area contributed by atoms with E-state index in [9.17, 15) is 4.79 Å². The first-order valence-electron chi connectivity index (χ1n) is 6.53. The Bertz CT molecular complexity index is 434. The second kappa shape index (κ2) is 4.93. The Morgan fingerprint density at radius 3 is 2.22 bits per heavy atom. The van der Waals surface area contributed by atoms with E-state index in [-0.39, 0.29) is 17.4 Å². The van der Waals surface area contributed by atoms with Crippen molar-refractivity contribution < 1.29 is 4.79 Å². The van der Waals surface area contributed by atoms with Gasteiger partial charge in [-0.15, -0.1) is 0 Å². The van der Waals surface area contributed by atoms with Crippen LogP contribution in [-0.2, 0) is 10.2 Å². The number of nitrogens with one attached hydrogen (secondary N) is 1. The summed E-state index contributed by atoms with van der Waals surface area (Å²) < 4.78 is 0. The minimum atomic E-state index is -0.298. The van der Waals surface area contributed by atoms with Gasteiger partial charge < -0.3 is 5.32 Å². The topological polar surface area (TPSA) is 29.1 Å². The van der Waals surface area contributed by atoms with E-state index >= 15 is 0 Å². The highest BCUT2D eigenvalue weighted by Crippen LogP contribution is 2.48. The molecule has 18 heavy (non-hydrogen) atoms. The van der Waals surface area contributed by atoms with Crippen LogP contribution in [0.4, 0.5) is 0 Å². The van der Waals surface area contributed by atoms with Crippen molar-refractivity contribution in [2.75, 3.05) is 0 Å². The van der Waals surface area contributed by atoms with Crippen molar-refractivity contribution in [3.8, 4) is 0 Å². The van der Waals surface area contributed by atoms with Gasteiger partial charge in [-0.05, 0) is 43.4 Å². The summed E-state index contributed by atoms with van der Waals surface area (Å²) in [4.78, 5) is 12.4. The molecule has 0 saturated heterocycles. The van der Waals surface area contributed by atoms with Gasteiger partial charge in [-0.3, -0.25) is 4.79 Å². The quantitative estimate of drug-likeness (QED) is 0.887. The average Bonchev–Trinajstić information content (AvgIpc) is 3.11. The molecule has 1 saturated carbocycles. The van der Waals surface area contributed by atoms with Gasteiger partial charge in [0.05, 0.1) is 5.41 Å². The molecule has 1 fully saturated rings. The number of rotatable bonds is 4. The first-order chi connectivity index (χ1) is 8.45. The highest BCUT2D eigenvalue weighted by Gasteiger charge is 2.51. The molecule has 0 unspecified atom stereocenters. The van der Waals surface area contributed by atoms with E-state index in [1.54, 1.807) is 0 Å². The van der Waals surface area contributed by atoms with Gasteiger partial charge in [0.2, 0.25) is 5.91 Å². The lowest BCUT2D eigenvalue weighted by molar-refractivity contribution is -0.124. The van der Waals surface area contributed by atoms with Gasteiger partial charge in [0.25, 0.3) is 0 Å². The van der Waals surface area contributed by atoms with E-state index in [4.69, 9.17) is 11.6 Å². The van der Waals surface area contributed by atoms with Crippen LogP contribution in [-0.4, -0.2) is 11.9 Å². The summed E-state index contributed by atoms with van der Waals surface area (Å²) in [6.45, 7) is 6.29. The van der Waals surface area contributed by atoms with E-state index < -0.39 is 0 Å². The van der Waals surface area contributed by atoms with Crippen molar-refractivity contribution >= 4 is 17.5 Å². The van der Waals surface area contributed by atoms with Crippen molar-refractivity contribution in [3.05, 3.63) is 34.9 Å². The number of halogens is 1. The summed E-state index contributed by atoms with van der Waals surface area (Å²) in [5, 5.41) is 3.84. The third-order valence-corrected chi connectivity index (χ3v) is 4.19. The van der Waals surface area contributed by atoms with Crippen LogP contribution in [0.5, 0.6) is 0 Å². The zero-order valence-corrected chi connectivity index (χ0v) is 11.9. The molecule has 1 amide bonds. The summed E-state index contributed by atoms with van der Waals surface area (Å²) in [7, 11) is 0. The zero-order chi connectivity index (χ0) is 13.3. The molecular weight excluding hydrogens is 246 g/mol. The Balaban J connectivity index is 2.12. The Hall–Kier alpha value is -1.02. The lowest BCUT2D eigenvalue weighted by atomic mass is 9.94. The second-order valence-corrected chi connectivity index (χ2v) is 6.03. The second-order valence-electron chi connectivity index (χ2n) is 5.60. The summed E-state index contributed by atoms with van der Waals surface area (Å²) in [6, 6.07) is 7.86. The van der Waals surface area contributed by atoms with Crippen LogP contribution in [0.25, 0.3) is 0 Å². The molecule has 1 aromatic rings. The highest BCUT2D eigenvalue weighted by atomic mass is 35.5. The molecule has 2 rings (SSSR count). The van der Waals surface area contributed by atoms with E-state index in [1.165, 1.54) is 0 Å². The molecule has 0 spiro atoms. The van der Waals surface area contributed by atoms with Gasteiger partial charge in [0.15, 0.2) is 0 Å². The Morgan fingerprint density at radius 1 is 1.22 bits per heavy atom. The first-order valence-corrected chi connectivity index (χ1v) is 6.90. The molecule has 1 aliphatic rings. The van der Waals surface area contributed by atoms with Gasteiger partial charge >= 0.3 is 0 Å². The van der Waals surface area contributed by atoms with Crippen LogP contribution in [0.1, 0.15) is 39.2 Å². The Labute approximate surface area is 114 Å². The molecule has 0 aliphatic heterocycles. The van der Waals surface area contributed by atoms with Crippen molar-refractivity contribution in [1.29, 1.82) is 0 Å². The molecule has 0 bridgehead atoms. The van der Waals surface area contributed by atoms with E-state index in [0.29, 0.717) is 10.9 Å². The summed E-state index contributed by atoms with van der Waals surface area (Å²) in [6.07, 6.45) is 1.87. The molecule has 1 aliphatic carbocycles. The first kappa shape index (κ1) is 13.4. The van der Waals surface area contributed by atoms with Gasteiger partial charge in [0, 0.05) is 11.1 Å². The molecule has 1 aromatic carbocycles. The molecule has 98 valence electrons. The van der Waals surface area contributed by atoms with E-state index in [0.717, 1.165) is 18.4 Å². The standard InChI is InChI=1S/C15H20ClNO/c1-10(2)11(3)17-14(18)15(8-9-15)12-4-6-13(16)7-5-12/h4-7,10-11H,8-9H2,1-3H3,(H,17,18)/t11-/m0/s1. The van der Waals surface area contributed by atoms with Gasteiger partial charge in [-0.25, -0.2) is 0 Å².